The molecule has 0 aromatic heterocycles. The SMILES string of the molecule is CN=C(NCCCOC1CCOCC1)NCCc1cccc(Cl)c1.I. The van der Waals surface area contributed by atoms with Gasteiger partial charge in [0.2, 0.25) is 0 Å². The predicted octanol–water partition coefficient (Wildman–Crippen LogP) is 3.25. The Morgan fingerprint density at radius 2 is 2.04 bits per heavy atom. The van der Waals surface area contributed by atoms with E-state index in [2.05, 4.69) is 21.7 Å². The first-order valence-electron chi connectivity index (χ1n) is 8.66. The third-order valence-corrected chi connectivity index (χ3v) is 4.19. The largest absolute Gasteiger partial charge is 0.381 e. The van der Waals surface area contributed by atoms with Crippen molar-refractivity contribution in [1.29, 1.82) is 0 Å². The zero-order valence-electron chi connectivity index (χ0n) is 14.8. The Bertz CT molecular complexity index is 511. The summed E-state index contributed by atoms with van der Waals surface area (Å²) < 4.78 is 11.2. The van der Waals surface area contributed by atoms with Crippen LogP contribution in [0.15, 0.2) is 29.3 Å². The van der Waals surface area contributed by atoms with Crippen LogP contribution in [0.5, 0.6) is 0 Å². The average molecular weight is 482 g/mol. The summed E-state index contributed by atoms with van der Waals surface area (Å²) >= 11 is 5.99. The van der Waals surface area contributed by atoms with Crippen molar-refractivity contribution in [2.45, 2.75) is 31.8 Å². The van der Waals surface area contributed by atoms with Gasteiger partial charge in [-0.15, -0.1) is 24.0 Å². The molecule has 1 fully saturated rings. The summed E-state index contributed by atoms with van der Waals surface area (Å²) in [4.78, 5) is 4.24. The van der Waals surface area contributed by atoms with Gasteiger partial charge in [0.15, 0.2) is 5.96 Å². The van der Waals surface area contributed by atoms with Gasteiger partial charge in [0.1, 0.15) is 0 Å². The first-order chi connectivity index (χ1) is 11.8. The fourth-order valence-corrected chi connectivity index (χ4v) is 2.82. The number of nitrogens with zero attached hydrogens (tertiary/aromatic N) is 1. The molecule has 1 aliphatic rings. The molecule has 0 bridgehead atoms. The van der Waals surface area contributed by atoms with Crippen LogP contribution in [-0.4, -0.2) is 52.0 Å². The third-order valence-electron chi connectivity index (χ3n) is 3.95. The van der Waals surface area contributed by atoms with Crippen molar-refractivity contribution in [1.82, 2.24) is 10.6 Å². The summed E-state index contributed by atoms with van der Waals surface area (Å²) in [6, 6.07) is 7.94. The maximum absolute atomic E-state index is 5.99. The molecule has 0 atom stereocenters. The second-order valence-electron chi connectivity index (χ2n) is 5.84. The number of hydrogen-bond donors (Lipinski definition) is 2. The Morgan fingerprint density at radius 3 is 2.76 bits per heavy atom. The minimum absolute atomic E-state index is 0. The molecule has 2 rings (SSSR count). The van der Waals surface area contributed by atoms with E-state index in [1.165, 1.54) is 5.56 Å². The van der Waals surface area contributed by atoms with Crippen LogP contribution >= 0.6 is 35.6 Å². The highest BCUT2D eigenvalue weighted by Gasteiger charge is 2.13. The number of guanidine groups is 1. The summed E-state index contributed by atoms with van der Waals surface area (Å²) in [7, 11) is 1.78. The lowest BCUT2D eigenvalue weighted by Crippen LogP contribution is -2.39. The van der Waals surface area contributed by atoms with E-state index in [0.29, 0.717) is 6.10 Å². The zero-order chi connectivity index (χ0) is 17.0. The van der Waals surface area contributed by atoms with Gasteiger partial charge < -0.3 is 20.1 Å². The van der Waals surface area contributed by atoms with Gasteiger partial charge in [-0.25, -0.2) is 0 Å². The topological polar surface area (TPSA) is 54.9 Å². The van der Waals surface area contributed by atoms with Gasteiger partial charge in [-0.05, 0) is 43.4 Å². The molecule has 0 aliphatic carbocycles. The van der Waals surface area contributed by atoms with Crippen molar-refractivity contribution >= 4 is 41.5 Å². The van der Waals surface area contributed by atoms with Crippen LogP contribution in [0.2, 0.25) is 5.02 Å². The van der Waals surface area contributed by atoms with Crippen molar-refractivity contribution in [2.24, 2.45) is 4.99 Å². The van der Waals surface area contributed by atoms with Crippen LogP contribution < -0.4 is 10.6 Å². The second kappa shape index (κ2) is 13.6. The van der Waals surface area contributed by atoms with Crippen LogP contribution in [0.1, 0.15) is 24.8 Å². The maximum atomic E-state index is 5.99. The van der Waals surface area contributed by atoms with Crippen LogP contribution in [0.25, 0.3) is 0 Å². The smallest absolute Gasteiger partial charge is 0.190 e. The van der Waals surface area contributed by atoms with Crippen molar-refractivity contribution in [2.75, 3.05) is 40.0 Å². The quantitative estimate of drug-likeness (QED) is 0.259. The van der Waals surface area contributed by atoms with E-state index in [4.69, 9.17) is 21.1 Å². The molecule has 1 heterocycles. The van der Waals surface area contributed by atoms with Gasteiger partial charge in [-0.3, -0.25) is 4.99 Å². The van der Waals surface area contributed by atoms with Crippen LogP contribution in [0.4, 0.5) is 0 Å². The third kappa shape index (κ3) is 9.63. The number of aliphatic imine (C=N–C) groups is 1. The lowest BCUT2D eigenvalue weighted by Gasteiger charge is -2.22. The standard InChI is InChI=1S/C18H28ClN3O2.HI/c1-20-18(22-10-6-15-4-2-5-16(19)14-15)21-9-3-11-24-17-7-12-23-13-8-17;/h2,4-5,14,17H,3,6-13H2,1H3,(H2,20,21,22);1H. The molecule has 1 aliphatic heterocycles. The van der Waals surface area contributed by atoms with Gasteiger partial charge in [-0.1, -0.05) is 23.7 Å². The van der Waals surface area contributed by atoms with Crippen LogP contribution in [0.3, 0.4) is 0 Å². The molecule has 25 heavy (non-hydrogen) atoms. The first-order valence-corrected chi connectivity index (χ1v) is 9.04. The van der Waals surface area contributed by atoms with Gasteiger partial charge >= 0.3 is 0 Å². The summed E-state index contributed by atoms with van der Waals surface area (Å²) in [5.74, 6) is 0.822. The Labute approximate surface area is 172 Å². The van der Waals surface area contributed by atoms with Gasteiger partial charge in [0, 0.05) is 45.0 Å². The van der Waals surface area contributed by atoms with Gasteiger partial charge in [0.25, 0.3) is 0 Å². The molecule has 0 unspecified atom stereocenters. The summed E-state index contributed by atoms with van der Waals surface area (Å²) in [5.41, 5.74) is 1.22. The molecule has 1 saturated heterocycles. The number of ether oxygens (including phenoxy) is 2. The maximum Gasteiger partial charge on any atom is 0.190 e. The highest BCUT2D eigenvalue weighted by atomic mass is 127. The van der Waals surface area contributed by atoms with E-state index >= 15 is 0 Å². The van der Waals surface area contributed by atoms with E-state index < -0.39 is 0 Å². The van der Waals surface area contributed by atoms with E-state index in [0.717, 1.165) is 69.6 Å². The fraction of sp³-hybridized carbons (Fsp3) is 0.611. The number of hydrogen-bond acceptors (Lipinski definition) is 3. The molecule has 1 aromatic rings. The molecule has 2 N–H and O–H groups in total. The average Bonchev–Trinajstić information content (AvgIpc) is 2.61. The summed E-state index contributed by atoms with van der Waals surface area (Å²) in [6.07, 6.45) is 4.27. The number of nitrogens with one attached hydrogen (secondary N) is 2. The summed E-state index contributed by atoms with van der Waals surface area (Å²) in [6.45, 7) is 4.09. The van der Waals surface area contributed by atoms with E-state index in [9.17, 15) is 0 Å². The van der Waals surface area contributed by atoms with E-state index in [-0.39, 0.29) is 24.0 Å². The molecule has 142 valence electrons. The Kier molecular flexibility index (Phi) is 12.2. The predicted molar refractivity (Wildman–Crippen MR) is 114 cm³/mol. The first kappa shape index (κ1) is 22.5. The lowest BCUT2D eigenvalue weighted by atomic mass is 10.1. The van der Waals surface area contributed by atoms with E-state index in [1.807, 2.05) is 18.2 Å². The zero-order valence-corrected chi connectivity index (χ0v) is 17.9. The van der Waals surface area contributed by atoms with Gasteiger partial charge in [0.05, 0.1) is 6.10 Å². The molecule has 0 saturated carbocycles. The van der Waals surface area contributed by atoms with Crippen molar-refractivity contribution in [3.8, 4) is 0 Å². The Hall–Kier alpha value is -0.570. The molecule has 1 aromatic carbocycles. The Balaban J connectivity index is 0.00000312. The van der Waals surface area contributed by atoms with Crippen molar-refractivity contribution in [3.63, 3.8) is 0 Å². The fourth-order valence-electron chi connectivity index (χ4n) is 2.61. The normalized spacial score (nSPS) is 15.5. The molecule has 0 spiro atoms. The highest BCUT2D eigenvalue weighted by molar-refractivity contribution is 14.0. The minimum Gasteiger partial charge on any atom is -0.381 e. The Morgan fingerprint density at radius 1 is 1.28 bits per heavy atom. The molecular formula is C18H29ClIN3O2. The number of benzene rings is 1. The van der Waals surface area contributed by atoms with Crippen molar-refractivity contribution in [3.05, 3.63) is 34.9 Å². The van der Waals surface area contributed by atoms with Crippen molar-refractivity contribution < 1.29 is 9.47 Å². The van der Waals surface area contributed by atoms with Crippen LogP contribution in [0, 0.1) is 0 Å². The highest BCUT2D eigenvalue weighted by Crippen LogP contribution is 2.11. The monoisotopic (exact) mass is 481 g/mol. The number of halogens is 2. The molecule has 7 heteroatoms. The van der Waals surface area contributed by atoms with E-state index in [1.54, 1.807) is 7.05 Å². The second-order valence-corrected chi connectivity index (χ2v) is 6.28. The summed E-state index contributed by atoms with van der Waals surface area (Å²) in [5, 5.41) is 7.41. The number of rotatable bonds is 8. The lowest BCUT2D eigenvalue weighted by molar-refractivity contribution is -0.0320. The molecule has 0 radical (unpaired) electrons. The molecular weight excluding hydrogens is 453 g/mol. The molecule has 5 nitrogen and oxygen atoms in total. The molecule has 0 amide bonds. The van der Waals surface area contributed by atoms with Gasteiger partial charge in [-0.2, -0.15) is 0 Å². The van der Waals surface area contributed by atoms with Crippen LogP contribution in [-0.2, 0) is 15.9 Å². The minimum atomic E-state index is 0.